The van der Waals surface area contributed by atoms with Crippen LogP contribution in [0.1, 0.15) is 37.7 Å². The fourth-order valence-corrected chi connectivity index (χ4v) is 6.53. The minimum absolute atomic E-state index is 0.0614. The van der Waals surface area contributed by atoms with E-state index in [2.05, 4.69) is 5.10 Å². The van der Waals surface area contributed by atoms with Gasteiger partial charge in [0, 0.05) is 16.9 Å². The van der Waals surface area contributed by atoms with E-state index in [-0.39, 0.29) is 17.0 Å². The van der Waals surface area contributed by atoms with Gasteiger partial charge < -0.3 is 5.11 Å². The molecule has 1 unspecified atom stereocenters. The number of rotatable bonds is 5. The predicted molar refractivity (Wildman–Crippen MR) is 127 cm³/mol. The molecule has 6 nitrogen and oxygen atoms in total. The molecule has 0 aliphatic heterocycles. The summed E-state index contributed by atoms with van der Waals surface area (Å²) in [7, 11) is -4.10. The first-order valence-electron chi connectivity index (χ1n) is 10.3. The molecule has 166 valence electrons. The Morgan fingerprint density at radius 1 is 1.06 bits per heavy atom. The molecule has 0 radical (unpaired) electrons. The molecule has 0 spiro atoms. The van der Waals surface area contributed by atoms with Gasteiger partial charge in [-0.3, -0.25) is 0 Å². The van der Waals surface area contributed by atoms with Crippen molar-refractivity contribution in [1.82, 2.24) is 9.19 Å². The summed E-state index contributed by atoms with van der Waals surface area (Å²) in [6, 6.07) is 20.2. The van der Waals surface area contributed by atoms with Crippen molar-refractivity contribution in [3.8, 4) is 0 Å². The molecule has 1 aliphatic rings. The second-order valence-corrected chi connectivity index (χ2v) is 10.7. The van der Waals surface area contributed by atoms with E-state index >= 15 is 0 Å². The monoisotopic (exact) mass is 476 g/mol. The Bertz CT molecular complexity index is 1470. The second kappa shape index (κ2) is 7.83. The van der Waals surface area contributed by atoms with Crippen molar-refractivity contribution < 1.29 is 18.3 Å². The number of carboxylic acids is 1. The lowest BCUT2D eigenvalue weighted by Crippen LogP contribution is -2.32. The summed E-state index contributed by atoms with van der Waals surface area (Å²) in [5.74, 6) is -1.27. The average molecular weight is 477 g/mol. The van der Waals surface area contributed by atoms with E-state index in [9.17, 15) is 18.3 Å². The summed E-state index contributed by atoms with van der Waals surface area (Å²) in [5, 5.41) is 15.8. The molecule has 2 aromatic heterocycles. The van der Waals surface area contributed by atoms with Gasteiger partial charge in [0.05, 0.1) is 16.0 Å². The molecular weight excluding hydrogens is 456 g/mol. The van der Waals surface area contributed by atoms with Crippen molar-refractivity contribution >= 4 is 33.4 Å². The van der Waals surface area contributed by atoms with Gasteiger partial charge in [0.2, 0.25) is 0 Å². The van der Waals surface area contributed by atoms with Gasteiger partial charge in [-0.25, -0.2) is 4.79 Å². The SMILES string of the molecule is Cc1ccc(S(=O)(=O)n2nc(C(=O)O)c3c2CC(c2ccccc2)(c2cccs2)C=C3)cc1. The third-order valence-corrected chi connectivity index (χ3v) is 8.64. The number of aromatic nitrogens is 2. The fourth-order valence-electron chi connectivity index (χ4n) is 4.28. The molecule has 0 saturated heterocycles. The average Bonchev–Trinajstić information content (AvgIpc) is 3.48. The number of allylic oxidation sites excluding steroid dienone is 1. The largest absolute Gasteiger partial charge is 0.476 e. The molecule has 2 heterocycles. The summed E-state index contributed by atoms with van der Waals surface area (Å²) in [6.45, 7) is 1.87. The van der Waals surface area contributed by atoms with Crippen molar-refractivity contribution in [3.05, 3.63) is 111 Å². The van der Waals surface area contributed by atoms with Crippen LogP contribution in [0.4, 0.5) is 0 Å². The maximum atomic E-state index is 13.6. The number of carbonyl (C=O) groups is 1. The van der Waals surface area contributed by atoms with Crippen LogP contribution in [0.3, 0.4) is 0 Å². The van der Waals surface area contributed by atoms with Gasteiger partial charge in [-0.05, 0) is 36.1 Å². The van der Waals surface area contributed by atoms with Crippen molar-refractivity contribution in [3.63, 3.8) is 0 Å². The number of benzene rings is 2. The van der Waals surface area contributed by atoms with Crippen LogP contribution >= 0.6 is 11.3 Å². The summed E-state index contributed by atoms with van der Waals surface area (Å²) in [5.41, 5.74) is 1.68. The first-order valence-corrected chi connectivity index (χ1v) is 12.6. The van der Waals surface area contributed by atoms with Crippen molar-refractivity contribution in [2.24, 2.45) is 0 Å². The Hall–Kier alpha value is -3.49. The lowest BCUT2D eigenvalue weighted by atomic mass is 9.72. The first kappa shape index (κ1) is 21.4. The van der Waals surface area contributed by atoms with Crippen molar-refractivity contribution in [2.75, 3.05) is 0 Å². The van der Waals surface area contributed by atoms with Crippen molar-refractivity contribution in [2.45, 2.75) is 23.7 Å². The maximum absolute atomic E-state index is 13.6. The molecule has 1 aliphatic carbocycles. The van der Waals surface area contributed by atoms with Gasteiger partial charge >= 0.3 is 5.97 Å². The Balaban J connectivity index is 1.75. The van der Waals surface area contributed by atoms with Crippen LogP contribution in [0.25, 0.3) is 6.08 Å². The molecule has 0 bridgehead atoms. The Kier molecular flexibility index (Phi) is 5.07. The molecule has 33 heavy (non-hydrogen) atoms. The minimum atomic E-state index is -4.10. The Morgan fingerprint density at radius 2 is 1.79 bits per heavy atom. The van der Waals surface area contributed by atoms with Gasteiger partial charge in [0.15, 0.2) is 5.69 Å². The lowest BCUT2D eigenvalue weighted by molar-refractivity contribution is 0.0690. The third-order valence-electron chi connectivity index (χ3n) is 5.97. The standard InChI is InChI=1S/C25H20N2O4S2/c1-17-9-11-19(12-10-17)33(30,31)27-21-16-25(22-8-5-15-32-22,18-6-3-2-4-7-18)14-13-20(21)23(26-27)24(28)29/h2-15H,16H2,1H3,(H,28,29). The molecule has 5 rings (SSSR count). The van der Waals surface area contributed by atoms with E-state index in [1.807, 2.05) is 60.8 Å². The highest BCUT2D eigenvalue weighted by Gasteiger charge is 2.41. The van der Waals surface area contributed by atoms with Gasteiger partial charge in [-0.2, -0.15) is 12.5 Å². The normalized spacial score (nSPS) is 17.6. The van der Waals surface area contributed by atoms with Crippen LogP contribution in [0, 0.1) is 6.92 Å². The number of hydrogen-bond donors (Lipinski definition) is 1. The highest BCUT2D eigenvalue weighted by atomic mass is 32.2. The van der Waals surface area contributed by atoms with Crippen LogP contribution in [-0.4, -0.2) is 28.7 Å². The summed E-state index contributed by atoms with van der Waals surface area (Å²) >= 11 is 1.58. The van der Waals surface area contributed by atoms with Gasteiger partial charge in [-0.15, -0.1) is 16.4 Å². The van der Waals surface area contributed by atoms with E-state index in [0.717, 1.165) is 20.1 Å². The van der Waals surface area contributed by atoms with Crippen LogP contribution in [-0.2, 0) is 21.9 Å². The van der Waals surface area contributed by atoms with Crippen LogP contribution in [0.5, 0.6) is 0 Å². The molecule has 4 aromatic rings. The van der Waals surface area contributed by atoms with E-state index < -0.39 is 21.4 Å². The molecule has 8 heteroatoms. The van der Waals surface area contributed by atoms with Crippen LogP contribution in [0.2, 0.25) is 0 Å². The molecule has 0 saturated carbocycles. The maximum Gasteiger partial charge on any atom is 0.357 e. The smallest absolute Gasteiger partial charge is 0.357 e. The van der Waals surface area contributed by atoms with Gasteiger partial charge in [-0.1, -0.05) is 66.2 Å². The highest BCUT2D eigenvalue weighted by Crippen LogP contribution is 2.44. The Labute approximate surface area is 195 Å². The second-order valence-electron chi connectivity index (χ2n) is 8.00. The number of fused-ring (bicyclic) bond motifs is 1. The first-order chi connectivity index (χ1) is 15.8. The third kappa shape index (κ3) is 3.42. The predicted octanol–water partition coefficient (Wildman–Crippen LogP) is 4.74. The van der Waals surface area contributed by atoms with Gasteiger partial charge in [0.1, 0.15) is 0 Å². The Morgan fingerprint density at radius 3 is 2.42 bits per heavy atom. The number of thiophene rings is 1. The number of carboxylic acid groups (broad SMARTS) is 1. The molecule has 2 aromatic carbocycles. The minimum Gasteiger partial charge on any atom is -0.476 e. The molecule has 1 atom stereocenters. The number of nitrogens with zero attached hydrogens (tertiary/aromatic N) is 2. The topological polar surface area (TPSA) is 89.3 Å². The number of hydrogen-bond acceptors (Lipinski definition) is 5. The van der Waals surface area contributed by atoms with Crippen molar-refractivity contribution in [1.29, 1.82) is 0 Å². The zero-order valence-corrected chi connectivity index (χ0v) is 19.3. The quantitative estimate of drug-likeness (QED) is 0.449. The van der Waals surface area contributed by atoms with E-state index in [0.29, 0.717) is 11.3 Å². The molecular formula is C25H20N2O4S2. The lowest BCUT2D eigenvalue weighted by Gasteiger charge is -2.33. The number of aromatic carboxylic acids is 1. The van der Waals surface area contributed by atoms with Crippen LogP contribution in [0.15, 0.2) is 83.1 Å². The van der Waals surface area contributed by atoms with E-state index in [1.54, 1.807) is 29.5 Å². The molecule has 0 fully saturated rings. The summed E-state index contributed by atoms with van der Waals surface area (Å²) in [6.07, 6.45) is 3.92. The molecule has 0 amide bonds. The highest BCUT2D eigenvalue weighted by molar-refractivity contribution is 7.89. The van der Waals surface area contributed by atoms with Gasteiger partial charge in [0.25, 0.3) is 10.0 Å². The fraction of sp³-hybridized carbons (Fsp3) is 0.120. The summed E-state index contributed by atoms with van der Waals surface area (Å²) < 4.78 is 28.1. The van der Waals surface area contributed by atoms with E-state index in [4.69, 9.17) is 0 Å². The molecule has 1 N–H and O–H groups in total. The number of aryl methyl sites for hydroxylation is 1. The summed E-state index contributed by atoms with van der Waals surface area (Å²) in [4.78, 5) is 13.0. The zero-order chi connectivity index (χ0) is 23.2. The van der Waals surface area contributed by atoms with Crippen LogP contribution < -0.4 is 0 Å². The zero-order valence-electron chi connectivity index (χ0n) is 17.7. The van der Waals surface area contributed by atoms with E-state index in [1.165, 1.54) is 12.1 Å².